The summed E-state index contributed by atoms with van der Waals surface area (Å²) in [6.07, 6.45) is 1.70. The van der Waals surface area contributed by atoms with Gasteiger partial charge in [-0.1, -0.05) is 25.4 Å². The van der Waals surface area contributed by atoms with Gasteiger partial charge in [-0.3, -0.25) is 9.69 Å². The van der Waals surface area contributed by atoms with Gasteiger partial charge in [0.05, 0.1) is 0 Å². The molecule has 0 unspecified atom stereocenters. The number of hydrogen-bond donors (Lipinski definition) is 2. The lowest BCUT2D eigenvalue weighted by Gasteiger charge is -2.33. The molecule has 1 saturated heterocycles. The lowest BCUT2D eigenvalue weighted by molar-refractivity contribution is -0.127. The molecule has 1 aliphatic rings. The number of piperidine rings is 1. The third-order valence-corrected chi connectivity index (χ3v) is 5.11. The summed E-state index contributed by atoms with van der Waals surface area (Å²) in [5.74, 6) is 0.522. The number of nitrogens with zero attached hydrogens (tertiary/aromatic N) is 2. The van der Waals surface area contributed by atoms with Crippen molar-refractivity contribution < 1.29 is 9.90 Å². The van der Waals surface area contributed by atoms with E-state index in [1.807, 2.05) is 6.07 Å². The minimum Gasteiger partial charge on any atom is -0.508 e. The van der Waals surface area contributed by atoms with Crippen LogP contribution in [0.1, 0.15) is 32.3 Å². The average molecular weight is 382 g/mol. The van der Waals surface area contributed by atoms with Gasteiger partial charge in [-0.2, -0.15) is 0 Å². The van der Waals surface area contributed by atoms with Gasteiger partial charge < -0.3 is 15.3 Å². The van der Waals surface area contributed by atoms with E-state index in [0.717, 1.165) is 38.0 Å². The smallest absolute Gasteiger partial charge is 0.223 e. The molecule has 26 heavy (non-hydrogen) atoms. The number of carbonyl (C=O) groups excluding carboxylic acids is 1. The summed E-state index contributed by atoms with van der Waals surface area (Å²) in [6, 6.07) is 5.13. The van der Waals surface area contributed by atoms with E-state index in [1.54, 1.807) is 12.1 Å². The normalized spacial score (nSPS) is 16.8. The van der Waals surface area contributed by atoms with Crippen LogP contribution in [0, 0.1) is 11.3 Å². The highest BCUT2D eigenvalue weighted by Gasteiger charge is 2.27. The number of carbonyl (C=O) groups is 1. The summed E-state index contributed by atoms with van der Waals surface area (Å²) in [7, 11) is 4.11. The van der Waals surface area contributed by atoms with Gasteiger partial charge in [0, 0.05) is 36.1 Å². The molecule has 0 radical (unpaired) electrons. The minimum atomic E-state index is 0.0595. The third-order valence-electron chi connectivity index (χ3n) is 4.88. The quantitative estimate of drug-likeness (QED) is 0.762. The lowest BCUT2D eigenvalue weighted by atomic mass is 9.91. The molecule has 0 aromatic heterocycles. The number of benzene rings is 1. The Labute approximate surface area is 162 Å². The number of nitrogens with one attached hydrogen (secondary N) is 1. The first-order valence-corrected chi connectivity index (χ1v) is 9.66. The Morgan fingerprint density at radius 1 is 1.35 bits per heavy atom. The molecule has 0 bridgehead atoms. The molecule has 146 valence electrons. The van der Waals surface area contributed by atoms with Gasteiger partial charge in [-0.05, 0) is 63.6 Å². The molecular formula is C20H32ClN3O2. The maximum atomic E-state index is 12.5. The highest BCUT2D eigenvalue weighted by molar-refractivity contribution is 6.30. The van der Waals surface area contributed by atoms with E-state index in [-0.39, 0.29) is 23.0 Å². The number of phenolic OH excluding ortho intramolecular Hbond substituents is 1. The molecule has 1 heterocycles. The maximum Gasteiger partial charge on any atom is 0.223 e. The van der Waals surface area contributed by atoms with Crippen molar-refractivity contribution in [2.75, 3.05) is 40.3 Å². The zero-order valence-electron chi connectivity index (χ0n) is 16.4. The summed E-state index contributed by atoms with van der Waals surface area (Å²) < 4.78 is 0. The van der Waals surface area contributed by atoms with Crippen molar-refractivity contribution in [2.24, 2.45) is 11.3 Å². The predicted octanol–water partition coefficient (Wildman–Crippen LogP) is 2.96. The van der Waals surface area contributed by atoms with Gasteiger partial charge in [0.1, 0.15) is 5.75 Å². The Morgan fingerprint density at radius 3 is 2.62 bits per heavy atom. The predicted molar refractivity (Wildman–Crippen MR) is 106 cm³/mol. The van der Waals surface area contributed by atoms with Crippen LogP contribution in [0.5, 0.6) is 5.75 Å². The Hall–Kier alpha value is -1.30. The van der Waals surface area contributed by atoms with E-state index >= 15 is 0 Å². The number of hydrogen-bond acceptors (Lipinski definition) is 4. The number of likely N-dealkylation sites (tertiary alicyclic amines) is 1. The van der Waals surface area contributed by atoms with Crippen molar-refractivity contribution in [1.29, 1.82) is 0 Å². The molecule has 0 saturated carbocycles. The van der Waals surface area contributed by atoms with Crippen molar-refractivity contribution >= 4 is 17.5 Å². The minimum absolute atomic E-state index is 0.0595. The van der Waals surface area contributed by atoms with Gasteiger partial charge >= 0.3 is 0 Å². The second kappa shape index (κ2) is 9.07. The fourth-order valence-electron chi connectivity index (χ4n) is 3.66. The highest BCUT2D eigenvalue weighted by atomic mass is 35.5. The van der Waals surface area contributed by atoms with Crippen LogP contribution in [0.2, 0.25) is 5.02 Å². The van der Waals surface area contributed by atoms with Crippen molar-refractivity contribution in [1.82, 2.24) is 15.1 Å². The summed E-state index contributed by atoms with van der Waals surface area (Å²) in [6.45, 7) is 8.35. The van der Waals surface area contributed by atoms with Crippen LogP contribution in [-0.4, -0.2) is 61.1 Å². The average Bonchev–Trinajstić information content (AvgIpc) is 2.56. The summed E-state index contributed by atoms with van der Waals surface area (Å²) in [4.78, 5) is 16.9. The first-order valence-electron chi connectivity index (χ1n) is 9.28. The molecule has 1 amide bonds. The molecule has 1 aromatic carbocycles. The van der Waals surface area contributed by atoms with Gasteiger partial charge in [0.15, 0.2) is 0 Å². The van der Waals surface area contributed by atoms with E-state index in [0.29, 0.717) is 18.1 Å². The van der Waals surface area contributed by atoms with Crippen LogP contribution in [0.15, 0.2) is 18.2 Å². The SMILES string of the molecule is CN(C)CC(C)(C)CNC(=O)C1CCN(Cc2cc(Cl)ccc2O)CC1. The molecule has 1 fully saturated rings. The van der Waals surface area contributed by atoms with Crippen LogP contribution < -0.4 is 5.32 Å². The molecule has 1 aromatic rings. The maximum absolute atomic E-state index is 12.5. The van der Waals surface area contributed by atoms with Crippen molar-refractivity contribution in [2.45, 2.75) is 33.2 Å². The Kier molecular flexibility index (Phi) is 7.33. The lowest BCUT2D eigenvalue weighted by Crippen LogP contribution is -2.44. The van der Waals surface area contributed by atoms with Crippen LogP contribution >= 0.6 is 11.6 Å². The number of halogens is 1. The molecule has 6 heteroatoms. The van der Waals surface area contributed by atoms with E-state index < -0.39 is 0 Å². The van der Waals surface area contributed by atoms with Gasteiger partial charge in [-0.15, -0.1) is 0 Å². The Bertz CT molecular complexity index is 611. The van der Waals surface area contributed by atoms with Gasteiger partial charge in [-0.25, -0.2) is 0 Å². The van der Waals surface area contributed by atoms with Gasteiger partial charge in [0.25, 0.3) is 0 Å². The molecule has 0 atom stereocenters. The molecule has 0 aliphatic carbocycles. The summed E-state index contributed by atoms with van der Waals surface area (Å²) >= 11 is 6.02. The van der Waals surface area contributed by atoms with Crippen molar-refractivity contribution in [3.05, 3.63) is 28.8 Å². The standard InChI is InChI=1S/C20H32ClN3O2/c1-20(2,14-23(3)4)13-22-19(26)15-7-9-24(10-8-15)12-16-11-17(21)5-6-18(16)25/h5-6,11,15,25H,7-10,12-14H2,1-4H3,(H,22,26). The fourth-order valence-corrected chi connectivity index (χ4v) is 3.85. The zero-order valence-corrected chi connectivity index (χ0v) is 17.1. The van der Waals surface area contributed by atoms with Gasteiger partial charge in [0.2, 0.25) is 5.91 Å². The van der Waals surface area contributed by atoms with Crippen LogP contribution in [0.3, 0.4) is 0 Å². The fraction of sp³-hybridized carbons (Fsp3) is 0.650. The number of phenols is 1. The van der Waals surface area contributed by atoms with Crippen molar-refractivity contribution in [3.8, 4) is 5.75 Å². The molecular weight excluding hydrogens is 350 g/mol. The number of aromatic hydroxyl groups is 1. The molecule has 0 spiro atoms. The highest BCUT2D eigenvalue weighted by Crippen LogP contribution is 2.26. The van der Waals surface area contributed by atoms with E-state index in [1.165, 1.54) is 0 Å². The van der Waals surface area contributed by atoms with E-state index in [9.17, 15) is 9.90 Å². The topological polar surface area (TPSA) is 55.8 Å². The molecule has 2 rings (SSSR count). The second-order valence-electron chi connectivity index (χ2n) is 8.44. The van der Waals surface area contributed by atoms with E-state index in [4.69, 9.17) is 11.6 Å². The first kappa shape index (κ1) is 21.0. The van der Waals surface area contributed by atoms with Crippen LogP contribution in [0.4, 0.5) is 0 Å². The Morgan fingerprint density at radius 2 is 2.00 bits per heavy atom. The molecule has 5 nitrogen and oxygen atoms in total. The number of rotatable bonds is 7. The van der Waals surface area contributed by atoms with Crippen LogP contribution in [-0.2, 0) is 11.3 Å². The third kappa shape index (κ3) is 6.45. The number of amides is 1. The Balaban J connectivity index is 1.78. The largest absolute Gasteiger partial charge is 0.508 e. The summed E-state index contributed by atoms with van der Waals surface area (Å²) in [5.41, 5.74) is 0.898. The molecule has 1 aliphatic heterocycles. The zero-order chi connectivity index (χ0) is 19.3. The molecule has 2 N–H and O–H groups in total. The monoisotopic (exact) mass is 381 g/mol. The first-order chi connectivity index (χ1) is 12.2. The second-order valence-corrected chi connectivity index (χ2v) is 8.88. The van der Waals surface area contributed by atoms with Crippen LogP contribution in [0.25, 0.3) is 0 Å². The van der Waals surface area contributed by atoms with E-state index in [2.05, 4.69) is 43.1 Å². The summed E-state index contributed by atoms with van der Waals surface area (Å²) in [5, 5.41) is 13.7. The van der Waals surface area contributed by atoms with Crippen molar-refractivity contribution in [3.63, 3.8) is 0 Å².